The number of benzene rings is 1. The van der Waals surface area contributed by atoms with Crippen molar-refractivity contribution >= 4 is 15.8 Å². The summed E-state index contributed by atoms with van der Waals surface area (Å²) in [6.45, 7) is 2.12. The largest absolute Gasteiger partial charge is 0.359 e. The quantitative estimate of drug-likeness (QED) is 0.765. The van der Waals surface area contributed by atoms with E-state index in [0.29, 0.717) is 18.0 Å². The highest BCUT2D eigenvalue weighted by atomic mass is 32.2. The molecule has 27 heavy (non-hydrogen) atoms. The van der Waals surface area contributed by atoms with Gasteiger partial charge < -0.3 is 4.90 Å². The van der Waals surface area contributed by atoms with Gasteiger partial charge in [0.15, 0.2) is 0 Å². The summed E-state index contributed by atoms with van der Waals surface area (Å²) in [5, 5.41) is 0. The molecule has 5 nitrogen and oxygen atoms in total. The molecule has 0 N–H and O–H groups in total. The molecular formula is C21H27N3O2S. The van der Waals surface area contributed by atoms with Gasteiger partial charge in [0.25, 0.3) is 0 Å². The van der Waals surface area contributed by atoms with Crippen molar-refractivity contribution in [2.45, 2.75) is 42.4 Å². The molecule has 2 fully saturated rings. The Morgan fingerprint density at radius 2 is 1.74 bits per heavy atom. The van der Waals surface area contributed by atoms with Gasteiger partial charge in [-0.2, -0.15) is 4.31 Å². The van der Waals surface area contributed by atoms with Crippen molar-refractivity contribution in [3.8, 4) is 0 Å². The summed E-state index contributed by atoms with van der Waals surface area (Å²) in [5.74, 6) is 0.815. The van der Waals surface area contributed by atoms with Crippen LogP contribution in [-0.2, 0) is 15.4 Å². The Morgan fingerprint density at radius 1 is 1.04 bits per heavy atom. The topological polar surface area (TPSA) is 53.5 Å². The van der Waals surface area contributed by atoms with Gasteiger partial charge in [0.1, 0.15) is 10.7 Å². The van der Waals surface area contributed by atoms with Crippen LogP contribution >= 0.6 is 0 Å². The summed E-state index contributed by atoms with van der Waals surface area (Å²) in [4.78, 5) is 6.90. The van der Waals surface area contributed by atoms with Crippen molar-refractivity contribution in [1.82, 2.24) is 9.29 Å². The number of rotatable bonds is 6. The molecule has 1 aliphatic heterocycles. The Morgan fingerprint density at radius 3 is 2.33 bits per heavy atom. The van der Waals surface area contributed by atoms with Crippen LogP contribution in [0.1, 0.15) is 37.7 Å². The van der Waals surface area contributed by atoms with Gasteiger partial charge in [0, 0.05) is 38.3 Å². The van der Waals surface area contributed by atoms with Gasteiger partial charge in [0.2, 0.25) is 10.0 Å². The number of nitrogens with zero attached hydrogens (tertiary/aromatic N) is 3. The molecule has 1 saturated carbocycles. The number of anilines is 1. The van der Waals surface area contributed by atoms with E-state index in [4.69, 9.17) is 0 Å². The molecule has 144 valence electrons. The van der Waals surface area contributed by atoms with E-state index in [1.807, 2.05) is 19.2 Å². The Hall–Kier alpha value is -1.92. The van der Waals surface area contributed by atoms with Gasteiger partial charge in [-0.3, -0.25) is 0 Å². The van der Waals surface area contributed by atoms with Crippen molar-refractivity contribution < 1.29 is 8.42 Å². The van der Waals surface area contributed by atoms with Crippen LogP contribution in [-0.4, -0.2) is 44.4 Å². The first-order valence-electron chi connectivity index (χ1n) is 9.74. The van der Waals surface area contributed by atoms with Crippen LogP contribution in [0, 0.1) is 0 Å². The maximum Gasteiger partial charge on any atom is 0.244 e. The van der Waals surface area contributed by atoms with E-state index in [-0.39, 0.29) is 5.41 Å². The Labute approximate surface area is 162 Å². The zero-order valence-electron chi connectivity index (χ0n) is 15.8. The van der Waals surface area contributed by atoms with Crippen LogP contribution < -0.4 is 4.90 Å². The lowest BCUT2D eigenvalue weighted by Crippen LogP contribution is -2.35. The van der Waals surface area contributed by atoms with E-state index in [1.54, 1.807) is 10.4 Å². The fourth-order valence-electron chi connectivity index (χ4n) is 4.02. The molecule has 0 unspecified atom stereocenters. The smallest absolute Gasteiger partial charge is 0.244 e. The first kappa shape index (κ1) is 18.4. The second kappa shape index (κ2) is 7.24. The third-order valence-electron chi connectivity index (χ3n) is 5.84. The van der Waals surface area contributed by atoms with Gasteiger partial charge in [-0.15, -0.1) is 0 Å². The zero-order chi connectivity index (χ0) is 18.9. The highest BCUT2D eigenvalue weighted by Gasteiger charge is 2.45. The van der Waals surface area contributed by atoms with Gasteiger partial charge in [-0.25, -0.2) is 13.4 Å². The van der Waals surface area contributed by atoms with Crippen molar-refractivity contribution in [3.05, 3.63) is 54.2 Å². The molecule has 1 aromatic carbocycles. The summed E-state index contributed by atoms with van der Waals surface area (Å²) in [6, 6.07) is 14.2. The third-order valence-corrected chi connectivity index (χ3v) is 7.73. The molecule has 4 rings (SSSR count). The van der Waals surface area contributed by atoms with E-state index in [2.05, 4.69) is 34.1 Å². The van der Waals surface area contributed by atoms with Gasteiger partial charge >= 0.3 is 0 Å². The van der Waals surface area contributed by atoms with Crippen molar-refractivity contribution in [1.29, 1.82) is 0 Å². The molecule has 1 saturated heterocycles. The van der Waals surface area contributed by atoms with Crippen LogP contribution in [0.4, 0.5) is 5.82 Å². The predicted molar refractivity (Wildman–Crippen MR) is 107 cm³/mol. The second-order valence-corrected chi connectivity index (χ2v) is 9.76. The third kappa shape index (κ3) is 3.73. The summed E-state index contributed by atoms with van der Waals surface area (Å²) in [5.41, 5.74) is 1.58. The molecule has 1 aromatic heterocycles. The normalized spacial score (nSPS) is 19.6. The summed E-state index contributed by atoms with van der Waals surface area (Å²) >= 11 is 0. The number of piperidine rings is 1. The highest BCUT2D eigenvalue weighted by Crippen LogP contribution is 2.48. The molecule has 0 bridgehead atoms. The standard InChI is InChI=1S/C21H27N3O2S/c1-23(17-21(12-13-21)18-8-4-2-5-9-18)20-11-10-19(16-22-20)27(25,26)24-14-6-3-7-15-24/h2,4-5,8-11,16H,3,6-7,12-15,17H2,1H3. The van der Waals surface area contributed by atoms with E-state index in [0.717, 1.165) is 31.6 Å². The van der Waals surface area contributed by atoms with Crippen LogP contribution in [0.25, 0.3) is 0 Å². The Balaban J connectivity index is 1.47. The SMILES string of the molecule is CN(CC1(c2ccccc2)CC1)c1ccc(S(=O)(=O)N2CCCCC2)cn1. The van der Waals surface area contributed by atoms with Crippen LogP contribution in [0.2, 0.25) is 0 Å². The average Bonchev–Trinajstić information content (AvgIpc) is 3.50. The Kier molecular flexibility index (Phi) is 4.95. The van der Waals surface area contributed by atoms with E-state index < -0.39 is 10.0 Å². The van der Waals surface area contributed by atoms with Crippen molar-refractivity contribution in [2.24, 2.45) is 0 Å². The number of likely N-dealkylation sites (N-methyl/N-ethyl adjacent to an activating group) is 1. The summed E-state index contributed by atoms with van der Waals surface area (Å²) in [6.07, 6.45) is 6.87. The zero-order valence-corrected chi connectivity index (χ0v) is 16.7. The molecule has 1 aliphatic carbocycles. The molecule has 2 aromatic rings. The summed E-state index contributed by atoms with van der Waals surface area (Å²) in [7, 11) is -1.39. The molecule has 0 spiro atoms. The van der Waals surface area contributed by atoms with E-state index in [1.165, 1.54) is 24.6 Å². The van der Waals surface area contributed by atoms with Crippen molar-refractivity contribution in [2.75, 3.05) is 31.6 Å². The maximum absolute atomic E-state index is 12.8. The van der Waals surface area contributed by atoms with Gasteiger partial charge in [-0.1, -0.05) is 36.8 Å². The number of pyridine rings is 1. The second-order valence-electron chi connectivity index (χ2n) is 7.82. The maximum atomic E-state index is 12.8. The number of aromatic nitrogens is 1. The minimum Gasteiger partial charge on any atom is -0.359 e. The minimum atomic E-state index is -3.42. The molecular weight excluding hydrogens is 358 g/mol. The fraction of sp³-hybridized carbons (Fsp3) is 0.476. The van der Waals surface area contributed by atoms with Crippen molar-refractivity contribution in [3.63, 3.8) is 0 Å². The monoisotopic (exact) mass is 385 g/mol. The van der Waals surface area contributed by atoms with Crippen LogP contribution in [0.3, 0.4) is 0 Å². The molecule has 0 radical (unpaired) electrons. The number of hydrogen-bond donors (Lipinski definition) is 0. The predicted octanol–water partition coefficient (Wildman–Crippen LogP) is 3.42. The number of hydrogen-bond acceptors (Lipinski definition) is 4. The first-order chi connectivity index (χ1) is 13.0. The molecule has 0 atom stereocenters. The number of sulfonamides is 1. The van der Waals surface area contributed by atoms with Crippen LogP contribution in [0.5, 0.6) is 0 Å². The lowest BCUT2D eigenvalue weighted by atomic mass is 9.95. The minimum absolute atomic E-state index is 0.205. The Bertz CT molecular complexity index is 871. The van der Waals surface area contributed by atoms with E-state index in [9.17, 15) is 8.42 Å². The van der Waals surface area contributed by atoms with Gasteiger partial charge in [-0.05, 0) is 43.4 Å². The molecule has 2 heterocycles. The van der Waals surface area contributed by atoms with E-state index >= 15 is 0 Å². The van der Waals surface area contributed by atoms with Gasteiger partial charge in [0.05, 0.1) is 0 Å². The van der Waals surface area contributed by atoms with Crippen LogP contribution in [0.15, 0.2) is 53.6 Å². The highest BCUT2D eigenvalue weighted by molar-refractivity contribution is 7.89. The molecule has 0 amide bonds. The average molecular weight is 386 g/mol. The lowest BCUT2D eigenvalue weighted by Gasteiger charge is -2.27. The lowest BCUT2D eigenvalue weighted by molar-refractivity contribution is 0.346. The molecule has 2 aliphatic rings. The molecule has 6 heteroatoms. The summed E-state index contributed by atoms with van der Waals surface area (Å²) < 4.78 is 27.1. The fourth-order valence-corrected chi connectivity index (χ4v) is 5.48. The first-order valence-corrected chi connectivity index (χ1v) is 11.2.